The monoisotopic (exact) mass is 243 g/mol. The first-order chi connectivity index (χ1) is 8.58. The predicted molar refractivity (Wildman–Crippen MR) is 80.1 cm³/mol. The van der Waals surface area contributed by atoms with Gasteiger partial charge < -0.3 is 4.90 Å². The fourth-order valence-electron chi connectivity index (χ4n) is 2.74. The number of aryl methyl sites for hydroxylation is 1. The summed E-state index contributed by atoms with van der Waals surface area (Å²) in [4.78, 5) is 2.52. The van der Waals surface area contributed by atoms with Crippen molar-refractivity contribution in [2.24, 2.45) is 11.8 Å². The number of hydrogen-bond acceptors (Lipinski definition) is 1. The normalized spacial score (nSPS) is 20.2. The van der Waals surface area contributed by atoms with E-state index in [4.69, 9.17) is 0 Å². The van der Waals surface area contributed by atoms with Crippen LogP contribution >= 0.6 is 0 Å². The van der Waals surface area contributed by atoms with Crippen LogP contribution in [0.25, 0.3) is 0 Å². The molecule has 0 aromatic heterocycles. The molecule has 98 valence electrons. The van der Waals surface area contributed by atoms with Gasteiger partial charge in [-0.05, 0) is 43.7 Å². The van der Waals surface area contributed by atoms with Gasteiger partial charge in [-0.3, -0.25) is 0 Å². The molecular formula is C17H25N. The summed E-state index contributed by atoms with van der Waals surface area (Å²) in [7, 11) is 0. The summed E-state index contributed by atoms with van der Waals surface area (Å²) < 4.78 is 0. The van der Waals surface area contributed by atoms with Crippen molar-refractivity contribution >= 4 is 5.69 Å². The lowest BCUT2D eigenvalue weighted by Crippen LogP contribution is -2.36. The molecule has 1 heteroatoms. The van der Waals surface area contributed by atoms with Gasteiger partial charge in [0.2, 0.25) is 0 Å². The minimum atomic E-state index is 0.605. The Kier molecular flexibility index (Phi) is 4.11. The molecule has 0 radical (unpaired) electrons. The number of hydrogen-bond donors (Lipinski definition) is 0. The van der Waals surface area contributed by atoms with Gasteiger partial charge in [0.05, 0.1) is 0 Å². The molecule has 1 unspecified atom stereocenters. The van der Waals surface area contributed by atoms with Crippen LogP contribution in [0.3, 0.4) is 0 Å². The van der Waals surface area contributed by atoms with Gasteiger partial charge in [-0.25, -0.2) is 0 Å². The number of piperidine rings is 1. The van der Waals surface area contributed by atoms with Gasteiger partial charge in [-0.1, -0.05) is 43.7 Å². The predicted octanol–water partition coefficient (Wildman–Crippen LogP) is 4.42. The van der Waals surface area contributed by atoms with E-state index in [0.717, 1.165) is 6.54 Å². The van der Waals surface area contributed by atoms with Gasteiger partial charge in [0.25, 0.3) is 0 Å². The molecule has 18 heavy (non-hydrogen) atoms. The molecule has 1 aromatic carbocycles. The average molecular weight is 243 g/mol. The Morgan fingerprint density at radius 1 is 1.28 bits per heavy atom. The van der Waals surface area contributed by atoms with Crippen LogP contribution in [0.1, 0.15) is 32.3 Å². The molecule has 1 aromatic rings. The van der Waals surface area contributed by atoms with Crippen molar-refractivity contribution in [3.63, 3.8) is 0 Å². The molecule has 0 spiro atoms. The van der Waals surface area contributed by atoms with E-state index in [-0.39, 0.29) is 0 Å². The summed E-state index contributed by atoms with van der Waals surface area (Å²) in [6, 6.07) is 8.90. The molecule has 0 bridgehead atoms. The summed E-state index contributed by atoms with van der Waals surface area (Å²) >= 11 is 0. The summed E-state index contributed by atoms with van der Waals surface area (Å²) in [6.45, 7) is 13.3. The Hall–Kier alpha value is -1.24. The second kappa shape index (κ2) is 5.60. The minimum Gasteiger partial charge on any atom is -0.371 e. The molecule has 0 saturated carbocycles. The largest absolute Gasteiger partial charge is 0.371 e. The first-order valence-electron chi connectivity index (χ1n) is 7.08. The molecule has 1 nitrogen and oxygen atoms in total. The number of benzene rings is 1. The smallest absolute Gasteiger partial charge is 0.0366 e. The maximum absolute atomic E-state index is 4.29. The van der Waals surface area contributed by atoms with Crippen molar-refractivity contribution in [1.29, 1.82) is 0 Å². The van der Waals surface area contributed by atoms with E-state index in [9.17, 15) is 0 Å². The lowest BCUT2D eigenvalue weighted by atomic mass is 9.85. The van der Waals surface area contributed by atoms with Crippen molar-refractivity contribution in [1.82, 2.24) is 0 Å². The van der Waals surface area contributed by atoms with Crippen LogP contribution in [0.4, 0.5) is 5.69 Å². The Labute approximate surface area is 112 Å². The van der Waals surface area contributed by atoms with E-state index >= 15 is 0 Å². The van der Waals surface area contributed by atoms with E-state index in [0.29, 0.717) is 11.8 Å². The van der Waals surface area contributed by atoms with Crippen molar-refractivity contribution in [3.8, 4) is 0 Å². The molecule has 0 aliphatic carbocycles. The van der Waals surface area contributed by atoms with Crippen LogP contribution in [-0.2, 0) is 0 Å². The molecule has 1 aliphatic rings. The van der Waals surface area contributed by atoms with Crippen LogP contribution in [0.2, 0.25) is 0 Å². The van der Waals surface area contributed by atoms with Crippen molar-refractivity contribution in [2.75, 3.05) is 18.0 Å². The van der Waals surface area contributed by atoms with E-state index in [1.165, 1.54) is 36.2 Å². The Bertz CT molecular complexity index is 402. The lowest BCUT2D eigenvalue weighted by molar-refractivity contribution is 0.438. The molecular weight excluding hydrogens is 218 g/mol. The third kappa shape index (κ3) is 2.95. The molecule has 0 N–H and O–H groups in total. The maximum Gasteiger partial charge on any atom is 0.0366 e. The molecule has 1 heterocycles. The number of nitrogens with zero attached hydrogens (tertiary/aromatic N) is 1. The standard InChI is InChI=1S/C17H25N/c1-13(2)15(4)16-6-5-11-18(12-16)17-9-7-14(3)8-10-17/h7-10,13,16H,4-6,11-12H2,1-3H3. The zero-order valence-corrected chi connectivity index (χ0v) is 11.9. The summed E-state index contributed by atoms with van der Waals surface area (Å²) in [5, 5.41) is 0. The van der Waals surface area contributed by atoms with Crippen LogP contribution in [0.5, 0.6) is 0 Å². The SMILES string of the molecule is C=C(C(C)C)C1CCCN(c2ccc(C)cc2)C1. The highest BCUT2D eigenvalue weighted by Crippen LogP contribution is 2.30. The van der Waals surface area contributed by atoms with Crippen LogP contribution in [0, 0.1) is 18.8 Å². The Balaban J connectivity index is 2.07. The highest BCUT2D eigenvalue weighted by atomic mass is 15.1. The quantitative estimate of drug-likeness (QED) is 0.710. The number of rotatable bonds is 3. The van der Waals surface area contributed by atoms with Gasteiger partial charge in [0, 0.05) is 18.8 Å². The van der Waals surface area contributed by atoms with Crippen molar-refractivity contribution < 1.29 is 0 Å². The van der Waals surface area contributed by atoms with Crippen molar-refractivity contribution in [2.45, 2.75) is 33.6 Å². The van der Waals surface area contributed by atoms with Gasteiger partial charge in [0.15, 0.2) is 0 Å². The van der Waals surface area contributed by atoms with Crippen LogP contribution in [0.15, 0.2) is 36.4 Å². The fourth-order valence-corrected chi connectivity index (χ4v) is 2.74. The Morgan fingerprint density at radius 2 is 1.94 bits per heavy atom. The van der Waals surface area contributed by atoms with Gasteiger partial charge >= 0.3 is 0 Å². The van der Waals surface area contributed by atoms with E-state index < -0.39 is 0 Å². The number of anilines is 1. The second-order valence-electron chi connectivity index (χ2n) is 5.85. The van der Waals surface area contributed by atoms with Crippen LogP contribution in [-0.4, -0.2) is 13.1 Å². The average Bonchev–Trinajstić information content (AvgIpc) is 2.38. The molecule has 1 aliphatic heterocycles. The highest BCUT2D eigenvalue weighted by molar-refractivity contribution is 5.48. The van der Waals surface area contributed by atoms with Gasteiger partial charge in [0.1, 0.15) is 0 Å². The van der Waals surface area contributed by atoms with Gasteiger partial charge in [-0.15, -0.1) is 0 Å². The minimum absolute atomic E-state index is 0.605. The molecule has 0 amide bonds. The zero-order chi connectivity index (χ0) is 13.1. The van der Waals surface area contributed by atoms with Crippen molar-refractivity contribution in [3.05, 3.63) is 42.0 Å². The third-order valence-corrected chi connectivity index (χ3v) is 4.09. The molecule has 2 rings (SSSR count). The zero-order valence-electron chi connectivity index (χ0n) is 11.9. The van der Waals surface area contributed by atoms with Gasteiger partial charge in [-0.2, -0.15) is 0 Å². The summed E-state index contributed by atoms with van der Waals surface area (Å²) in [6.07, 6.45) is 2.59. The van der Waals surface area contributed by atoms with E-state index in [2.05, 4.69) is 56.5 Å². The highest BCUT2D eigenvalue weighted by Gasteiger charge is 2.23. The maximum atomic E-state index is 4.29. The first kappa shape index (κ1) is 13.2. The summed E-state index contributed by atoms with van der Waals surface area (Å²) in [5.74, 6) is 1.27. The fraction of sp³-hybridized carbons (Fsp3) is 0.529. The van der Waals surface area contributed by atoms with E-state index in [1.54, 1.807) is 0 Å². The second-order valence-corrected chi connectivity index (χ2v) is 5.85. The Morgan fingerprint density at radius 3 is 2.56 bits per heavy atom. The lowest BCUT2D eigenvalue weighted by Gasteiger charge is -2.36. The molecule has 1 fully saturated rings. The summed E-state index contributed by atoms with van der Waals surface area (Å²) in [5.41, 5.74) is 4.12. The van der Waals surface area contributed by atoms with Crippen LogP contribution < -0.4 is 4.90 Å². The topological polar surface area (TPSA) is 3.24 Å². The molecule has 1 atom stereocenters. The first-order valence-corrected chi connectivity index (χ1v) is 7.08. The molecule has 1 saturated heterocycles. The van der Waals surface area contributed by atoms with E-state index in [1.807, 2.05) is 0 Å². The third-order valence-electron chi connectivity index (χ3n) is 4.09.